The minimum absolute atomic E-state index is 0.0855. The van der Waals surface area contributed by atoms with Crippen LogP contribution < -0.4 is 0 Å². The van der Waals surface area contributed by atoms with Crippen LogP contribution in [0.25, 0.3) is 0 Å². The summed E-state index contributed by atoms with van der Waals surface area (Å²) >= 11 is 0. The zero-order valence-electron chi connectivity index (χ0n) is 11.6. The summed E-state index contributed by atoms with van der Waals surface area (Å²) in [6, 6.07) is 8.16. The monoisotopic (exact) mass is 245 g/mol. The van der Waals surface area contributed by atoms with Gasteiger partial charge in [0.25, 0.3) is 0 Å². The van der Waals surface area contributed by atoms with Crippen molar-refractivity contribution in [3.05, 3.63) is 35.4 Å². The average molecular weight is 245 g/mol. The fourth-order valence-corrected chi connectivity index (χ4v) is 1.98. The molecule has 0 saturated carbocycles. The Morgan fingerprint density at radius 3 is 2.61 bits per heavy atom. The molecule has 98 valence electrons. The van der Waals surface area contributed by atoms with Gasteiger partial charge in [0.05, 0.1) is 0 Å². The van der Waals surface area contributed by atoms with Crippen molar-refractivity contribution in [3.8, 4) is 11.8 Å². The van der Waals surface area contributed by atoms with Gasteiger partial charge in [-0.2, -0.15) is 0 Å². The molecule has 0 aliphatic carbocycles. The summed E-state index contributed by atoms with van der Waals surface area (Å²) in [5.41, 5.74) is 2.26. The van der Waals surface area contributed by atoms with Gasteiger partial charge in [0.1, 0.15) is 6.61 Å². The van der Waals surface area contributed by atoms with E-state index in [1.165, 1.54) is 5.56 Å². The summed E-state index contributed by atoms with van der Waals surface area (Å²) in [6.45, 7) is 9.63. The van der Waals surface area contributed by atoms with E-state index in [1.807, 2.05) is 18.2 Å². The Balaban J connectivity index is 2.82. The average Bonchev–Trinajstić information content (AvgIpc) is 2.36. The molecule has 0 amide bonds. The number of rotatable bonds is 5. The van der Waals surface area contributed by atoms with Gasteiger partial charge in [-0.1, -0.05) is 50.8 Å². The zero-order valence-corrected chi connectivity index (χ0v) is 11.6. The number of aliphatic hydroxyl groups is 1. The minimum atomic E-state index is -0.0855. The molecule has 0 atom stereocenters. The first kappa shape index (κ1) is 14.8. The second-order valence-corrected chi connectivity index (χ2v) is 4.84. The maximum Gasteiger partial charge on any atom is 0.104 e. The molecule has 0 fully saturated rings. The van der Waals surface area contributed by atoms with Gasteiger partial charge in [-0.05, 0) is 24.1 Å². The van der Waals surface area contributed by atoms with E-state index in [9.17, 15) is 0 Å². The molecule has 1 aromatic rings. The molecule has 1 rings (SSSR count). The summed E-state index contributed by atoms with van der Waals surface area (Å²) in [5.74, 6) is 6.41. The van der Waals surface area contributed by atoms with Crippen molar-refractivity contribution >= 4 is 0 Å². The van der Waals surface area contributed by atoms with Crippen LogP contribution in [0.4, 0.5) is 0 Å². The van der Waals surface area contributed by atoms with Crippen molar-refractivity contribution in [1.29, 1.82) is 0 Å². The lowest BCUT2D eigenvalue weighted by Crippen LogP contribution is -2.27. The summed E-state index contributed by atoms with van der Waals surface area (Å²) < 4.78 is 0. The van der Waals surface area contributed by atoms with Crippen molar-refractivity contribution < 1.29 is 5.11 Å². The van der Waals surface area contributed by atoms with Gasteiger partial charge in [-0.15, -0.1) is 0 Å². The van der Waals surface area contributed by atoms with Crippen LogP contribution in [0.15, 0.2) is 24.3 Å². The zero-order chi connectivity index (χ0) is 13.4. The summed E-state index contributed by atoms with van der Waals surface area (Å²) in [7, 11) is 0. The van der Waals surface area contributed by atoms with Crippen LogP contribution >= 0.6 is 0 Å². The first-order chi connectivity index (χ1) is 8.67. The molecular formula is C16H23NO. The maximum atomic E-state index is 8.78. The fourth-order valence-electron chi connectivity index (χ4n) is 1.98. The van der Waals surface area contributed by atoms with Gasteiger partial charge < -0.3 is 5.11 Å². The normalized spacial score (nSPS) is 10.6. The van der Waals surface area contributed by atoms with Gasteiger partial charge in [0.2, 0.25) is 0 Å². The highest BCUT2D eigenvalue weighted by Crippen LogP contribution is 2.12. The van der Waals surface area contributed by atoms with Gasteiger partial charge in [0, 0.05) is 18.7 Å². The largest absolute Gasteiger partial charge is 0.384 e. The smallest absolute Gasteiger partial charge is 0.104 e. The Morgan fingerprint density at radius 1 is 1.28 bits per heavy atom. The van der Waals surface area contributed by atoms with Crippen molar-refractivity contribution in [2.45, 2.75) is 27.3 Å². The lowest BCUT2D eigenvalue weighted by atomic mass is 10.1. The Labute approximate surface area is 111 Å². The highest BCUT2D eigenvalue weighted by molar-refractivity contribution is 5.41. The van der Waals surface area contributed by atoms with Crippen LogP contribution in [0, 0.1) is 17.8 Å². The number of hydrogen-bond donors (Lipinski definition) is 1. The fraction of sp³-hybridized carbons (Fsp3) is 0.500. The molecule has 18 heavy (non-hydrogen) atoms. The summed E-state index contributed by atoms with van der Waals surface area (Å²) in [6.07, 6.45) is 0. The van der Waals surface area contributed by atoms with Crippen molar-refractivity contribution in [3.63, 3.8) is 0 Å². The topological polar surface area (TPSA) is 23.5 Å². The quantitative estimate of drug-likeness (QED) is 0.806. The van der Waals surface area contributed by atoms with E-state index in [2.05, 4.69) is 43.6 Å². The lowest BCUT2D eigenvalue weighted by molar-refractivity contribution is 0.248. The molecule has 0 aliphatic rings. The number of benzene rings is 1. The number of nitrogens with zero attached hydrogens (tertiary/aromatic N) is 1. The van der Waals surface area contributed by atoms with Crippen LogP contribution in [0.2, 0.25) is 0 Å². The third-order valence-electron chi connectivity index (χ3n) is 2.78. The van der Waals surface area contributed by atoms with Crippen molar-refractivity contribution in [2.75, 3.05) is 19.7 Å². The second kappa shape index (κ2) is 7.92. The molecule has 0 saturated heterocycles. The van der Waals surface area contributed by atoms with E-state index >= 15 is 0 Å². The molecule has 0 radical (unpaired) electrons. The molecule has 0 aromatic heterocycles. The number of hydrogen-bond acceptors (Lipinski definition) is 2. The molecule has 0 aliphatic heterocycles. The summed E-state index contributed by atoms with van der Waals surface area (Å²) in [4.78, 5) is 2.42. The van der Waals surface area contributed by atoms with E-state index in [-0.39, 0.29) is 6.61 Å². The molecule has 0 heterocycles. The van der Waals surface area contributed by atoms with E-state index in [1.54, 1.807) is 0 Å². The van der Waals surface area contributed by atoms with Crippen LogP contribution in [0.5, 0.6) is 0 Å². The highest BCUT2D eigenvalue weighted by atomic mass is 16.2. The molecule has 2 heteroatoms. The molecule has 0 bridgehead atoms. The van der Waals surface area contributed by atoms with Crippen LogP contribution in [0.1, 0.15) is 31.9 Å². The van der Waals surface area contributed by atoms with E-state index < -0.39 is 0 Å². The first-order valence-corrected chi connectivity index (χ1v) is 6.57. The van der Waals surface area contributed by atoms with E-state index in [0.29, 0.717) is 5.92 Å². The Hall–Kier alpha value is -1.30. The van der Waals surface area contributed by atoms with Gasteiger partial charge >= 0.3 is 0 Å². The maximum absolute atomic E-state index is 8.78. The van der Waals surface area contributed by atoms with Crippen molar-refractivity contribution in [1.82, 2.24) is 4.90 Å². The molecule has 1 aromatic carbocycles. The van der Waals surface area contributed by atoms with Gasteiger partial charge in [-0.3, -0.25) is 4.90 Å². The summed E-state index contributed by atoms with van der Waals surface area (Å²) in [5, 5.41) is 8.78. The Morgan fingerprint density at radius 2 is 2.00 bits per heavy atom. The SMILES string of the molecule is CCN(Cc1ccccc1C#CCO)CC(C)C. The molecular weight excluding hydrogens is 222 g/mol. The predicted molar refractivity (Wildman–Crippen MR) is 76.2 cm³/mol. The van der Waals surface area contributed by atoms with Gasteiger partial charge in [-0.25, -0.2) is 0 Å². The Kier molecular flexibility index (Phi) is 6.49. The first-order valence-electron chi connectivity index (χ1n) is 6.57. The van der Waals surface area contributed by atoms with E-state index in [0.717, 1.165) is 25.2 Å². The highest BCUT2D eigenvalue weighted by Gasteiger charge is 2.08. The van der Waals surface area contributed by atoms with Gasteiger partial charge in [0.15, 0.2) is 0 Å². The van der Waals surface area contributed by atoms with Crippen molar-refractivity contribution in [2.24, 2.45) is 5.92 Å². The van der Waals surface area contributed by atoms with E-state index in [4.69, 9.17) is 5.11 Å². The second-order valence-electron chi connectivity index (χ2n) is 4.84. The Bertz CT molecular complexity index is 415. The van der Waals surface area contributed by atoms with Crippen LogP contribution in [-0.2, 0) is 6.54 Å². The van der Waals surface area contributed by atoms with Crippen LogP contribution in [-0.4, -0.2) is 29.7 Å². The molecule has 0 spiro atoms. The number of aliphatic hydroxyl groups excluding tert-OH is 1. The third kappa shape index (κ3) is 4.91. The lowest BCUT2D eigenvalue weighted by Gasteiger charge is -2.23. The molecule has 1 N–H and O–H groups in total. The molecule has 0 unspecified atom stereocenters. The standard InChI is InChI=1S/C16H23NO/c1-4-17(12-14(2)3)13-16-9-6-5-8-15(16)10-7-11-18/h5-6,8-9,14,18H,4,11-13H2,1-3H3. The van der Waals surface area contributed by atoms with Crippen LogP contribution in [0.3, 0.4) is 0 Å². The third-order valence-corrected chi connectivity index (χ3v) is 2.78. The molecule has 2 nitrogen and oxygen atoms in total. The minimum Gasteiger partial charge on any atom is -0.384 e. The predicted octanol–water partition coefficient (Wildman–Crippen LogP) is 2.51.